The minimum absolute atomic E-state index is 0.0475. The van der Waals surface area contributed by atoms with Gasteiger partial charge in [-0.3, -0.25) is 0 Å². The van der Waals surface area contributed by atoms with E-state index in [1.807, 2.05) is 12.1 Å². The highest BCUT2D eigenvalue weighted by Gasteiger charge is 2.34. The Hall–Kier alpha value is -2.77. The van der Waals surface area contributed by atoms with Gasteiger partial charge in [0.2, 0.25) is 17.5 Å². The zero-order valence-electron chi connectivity index (χ0n) is 16.5. The predicted molar refractivity (Wildman–Crippen MR) is 116 cm³/mol. The van der Waals surface area contributed by atoms with E-state index >= 15 is 0 Å². The first kappa shape index (κ1) is 19.5. The smallest absolute Gasteiger partial charge is 0.232 e. The molecule has 2 aromatic carbocycles. The van der Waals surface area contributed by atoms with Gasteiger partial charge in [-0.15, -0.1) is 0 Å². The largest absolute Gasteiger partial charge is 0.419 e. The van der Waals surface area contributed by atoms with Gasteiger partial charge in [0.15, 0.2) is 0 Å². The molecule has 3 aromatic rings. The molecule has 5 heteroatoms. The number of hydrogen-bond donors (Lipinski definition) is 1. The molecule has 0 radical (unpaired) electrons. The summed E-state index contributed by atoms with van der Waals surface area (Å²) in [6, 6.07) is 18.3. The first-order valence-corrected chi connectivity index (χ1v) is 10.5. The van der Waals surface area contributed by atoms with Gasteiger partial charge in [0.25, 0.3) is 0 Å². The fourth-order valence-corrected chi connectivity index (χ4v) is 4.31. The molecule has 1 N–H and O–H groups in total. The molecule has 0 bridgehead atoms. The Morgan fingerprint density at radius 1 is 1.07 bits per heavy atom. The first-order chi connectivity index (χ1) is 14.1. The molecule has 1 aliphatic carbocycles. The average Bonchev–Trinajstić information content (AvgIpc) is 3.17. The molecule has 1 saturated carbocycles. The Morgan fingerprint density at radius 2 is 1.76 bits per heavy atom. The van der Waals surface area contributed by atoms with Gasteiger partial charge in [-0.05, 0) is 49.6 Å². The molecule has 4 rings (SSSR count). The fraction of sp³-hybridized carbons (Fsp3) is 0.333. The summed E-state index contributed by atoms with van der Waals surface area (Å²) in [6.45, 7) is 2.83. The summed E-state index contributed by atoms with van der Waals surface area (Å²) in [4.78, 5) is 4.37. The number of anilines is 1. The van der Waals surface area contributed by atoms with Crippen molar-refractivity contribution < 1.29 is 4.42 Å². The molecule has 1 aliphatic rings. The van der Waals surface area contributed by atoms with Crippen molar-refractivity contribution in [1.82, 2.24) is 4.98 Å². The van der Waals surface area contributed by atoms with Crippen LogP contribution in [0.4, 0.5) is 5.88 Å². The predicted octanol–water partition coefficient (Wildman–Crippen LogP) is 6.49. The molecule has 0 unspecified atom stereocenters. The van der Waals surface area contributed by atoms with Crippen LogP contribution in [0.2, 0.25) is 5.02 Å². The van der Waals surface area contributed by atoms with Crippen molar-refractivity contribution in [3.05, 3.63) is 70.4 Å². The van der Waals surface area contributed by atoms with Crippen molar-refractivity contribution in [3.63, 3.8) is 0 Å². The van der Waals surface area contributed by atoms with Gasteiger partial charge in [-0.25, -0.2) is 0 Å². The molecule has 0 aliphatic heterocycles. The zero-order valence-corrected chi connectivity index (χ0v) is 17.3. The van der Waals surface area contributed by atoms with Crippen molar-refractivity contribution in [1.29, 1.82) is 5.26 Å². The van der Waals surface area contributed by atoms with E-state index in [1.165, 1.54) is 30.4 Å². The fourth-order valence-electron chi connectivity index (χ4n) is 4.18. The van der Waals surface area contributed by atoms with Crippen molar-refractivity contribution in [2.75, 3.05) is 11.9 Å². The molecular formula is C24H24ClN3O. The maximum Gasteiger partial charge on any atom is 0.232 e. The Bertz CT molecular complexity index is 1010. The molecule has 148 valence electrons. The average molecular weight is 406 g/mol. The minimum Gasteiger partial charge on any atom is -0.419 e. The second-order valence-corrected chi connectivity index (χ2v) is 8.31. The summed E-state index contributed by atoms with van der Waals surface area (Å²) in [5.41, 5.74) is 3.74. The summed E-state index contributed by atoms with van der Waals surface area (Å²) in [5, 5.41) is 13.6. The highest BCUT2D eigenvalue weighted by atomic mass is 35.5. The third-order valence-corrected chi connectivity index (χ3v) is 6.14. The lowest BCUT2D eigenvalue weighted by atomic mass is 9.69. The molecule has 1 heterocycles. The lowest BCUT2D eigenvalue weighted by Gasteiger charge is -2.38. The number of nitriles is 1. The van der Waals surface area contributed by atoms with Crippen LogP contribution in [0, 0.1) is 18.3 Å². The number of oxazole rings is 1. The molecule has 0 amide bonds. The van der Waals surface area contributed by atoms with Crippen LogP contribution in [-0.4, -0.2) is 11.5 Å². The number of aromatic nitrogens is 1. The van der Waals surface area contributed by atoms with Crippen LogP contribution in [0.3, 0.4) is 0 Å². The second-order valence-electron chi connectivity index (χ2n) is 7.88. The van der Waals surface area contributed by atoms with Crippen LogP contribution in [0.25, 0.3) is 11.5 Å². The molecule has 0 atom stereocenters. The standard InChI is InChI=1S/C24H24ClN3O/c1-17-5-9-19(10-6-17)24(13-3-2-4-14-24)16-27-23-21(15-26)28-22(29-23)18-7-11-20(25)12-8-18/h5-12,27H,2-4,13-14,16H2,1H3. The van der Waals surface area contributed by atoms with E-state index in [9.17, 15) is 5.26 Å². The number of halogens is 1. The Balaban J connectivity index is 1.60. The van der Waals surface area contributed by atoms with Gasteiger partial charge in [0.1, 0.15) is 6.07 Å². The van der Waals surface area contributed by atoms with Crippen molar-refractivity contribution in [2.24, 2.45) is 0 Å². The molecular weight excluding hydrogens is 382 g/mol. The summed E-state index contributed by atoms with van der Waals surface area (Å²) >= 11 is 5.97. The normalized spacial score (nSPS) is 15.6. The monoisotopic (exact) mass is 405 g/mol. The number of nitrogens with zero attached hydrogens (tertiary/aromatic N) is 2. The van der Waals surface area contributed by atoms with Crippen LogP contribution < -0.4 is 5.32 Å². The summed E-state index contributed by atoms with van der Waals surface area (Å²) in [6.07, 6.45) is 5.96. The van der Waals surface area contributed by atoms with E-state index in [2.05, 4.69) is 47.6 Å². The van der Waals surface area contributed by atoms with Crippen LogP contribution >= 0.6 is 11.6 Å². The molecule has 1 fully saturated rings. The van der Waals surface area contributed by atoms with Crippen LogP contribution in [-0.2, 0) is 5.41 Å². The van der Waals surface area contributed by atoms with Gasteiger partial charge in [0, 0.05) is 22.5 Å². The lowest BCUT2D eigenvalue weighted by Crippen LogP contribution is -2.36. The lowest BCUT2D eigenvalue weighted by molar-refractivity contribution is 0.306. The Morgan fingerprint density at radius 3 is 2.41 bits per heavy atom. The van der Waals surface area contributed by atoms with Gasteiger partial charge in [-0.1, -0.05) is 60.7 Å². The third kappa shape index (κ3) is 4.16. The molecule has 0 saturated heterocycles. The van der Waals surface area contributed by atoms with Crippen LogP contribution in [0.1, 0.15) is 48.9 Å². The molecule has 4 nitrogen and oxygen atoms in total. The Labute approximate surface area is 176 Å². The van der Waals surface area contributed by atoms with E-state index < -0.39 is 0 Å². The van der Waals surface area contributed by atoms with E-state index in [-0.39, 0.29) is 11.1 Å². The SMILES string of the molecule is Cc1ccc(C2(CNc3oc(-c4ccc(Cl)cc4)nc3C#N)CCCCC2)cc1. The number of aryl methyl sites for hydroxylation is 1. The maximum atomic E-state index is 9.54. The van der Waals surface area contributed by atoms with Gasteiger partial charge < -0.3 is 9.73 Å². The highest BCUT2D eigenvalue weighted by Crippen LogP contribution is 2.40. The summed E-state index contributed by atoms with van der Waals surface area (Å²) in [7, 11) is 0. The summed E-state index contributed by atoms with van der Waals surface area (Å²) < 4.78 is 5.93. The maximum absolute atomic E-state index is 9.54. The minimum atomic E-state index is 0.0475. The van der Waals surface area contributed by atoms with Crippen LogP contribution in [0.15, 0.2) is 52.9 Å². The van der Waals surface area contributed by atoms with E-state index in [1.54, 1.807) is 12.1 Å². The Kier molecular flexibility index (Phi) is 5.60. The number of hydrogen-bond acceptors (Lipinski definition) is 4. The third-order valence-electron chi connectivity index (χ3n) is 5.89. The van der Waals surface area contributed by atoms with E-state index in [0.29, 0.717) is 16.8 Å². The van der Waals surface area contributed by atoms with Crippen LogP contribution in [0.5, 0.6) is 0 Å². The second kappa shape index (κ2) is 8.31. The topological polar surface area (TPSA) is 61.9 Å². The molecule has 1 aromatic heterocycles. The first-order valence-electron chi connectivity index (χ1n) is 10.1. The molecule has 29 heavy (non-hydrogen) atoms. The van der Waals surface area contributed by atoms with Crippen molar-refractivity contribution >= 4 is 17.5 Å². The summed E-state index contributed by atoms with van der Waals surface area (Å²) in [5.74, 6) is 0.864. The van der Waals surface area contributed by atoms with Crippen molar-refractivity contribution in [3.8, 4) is 17.5 Å². The van der Waals surface area contributed by atoms with Gasteiger partial charge in [-0.2, -0.15) is 10.2 Å². The number of benzene rings is 2. The zero-order chi connectivity index (χ0) is 20.3. The van der Waals surface area contributed by atoms with Gasteiger partial charge >= 0.3 is 0 Å². The quantitative estimate of drug-likeness (QED) is 0.527. The van der Waals surface area contributed by atoms with E-state index in [4.69, 9.17) is 16.0 Å². The van der Waals surface area contributed by atoms with E-state index in [0.717, 1.165) is 24.9 Å². The molecule has 0 spiro atoms. The van der Waals surface area contributed by atoms with Crippen molar-refractivity contribution in [2.45, 2.75) is 44.4 Å². The highest BCUT2D eigenvalue weighted by molar-refractivity contribution is 6.30. The van der Waals surface area contributed by atoms with Gasteiger partial charge in [0.05, 0.1) is 0 Å². The number of rotatable bonds is 5. The number of nitrogens with one attached hydrogen (secondary N) is 1.